The Labute approximate surface area is 191 Å². The third-order valence-corrected chi connectivity index (χ3v) is 6.61. The maximum atomic E-state index is 5.88. The average Bonchev–Trinajstić information content (AvgIpc) is 3.24. The second kappa shape index (κ2) is 8.46. The standard InChI is InChI=1S/C26H32N4S/c1-16(2)20-10-12-21(13-11-20)30-25(22-15-18(5)29(17(3)4)19(22)6)24(28-26(30)31)23-9-7-8-14-27-23/h7-17,24-25H,1-6H3,(H,28,31)/t24-,25-/m1/s1. The summed E-state index contributed by atoms with van der Waals surface area (Å²) in [6, 6.07) is 17.6. The van der Waals surface area contributed by atoms with E-state index < -0.39 is 0 Å². The summed E-state index contributed by atoms with van der Waals surface area (Å²) in [7, 11) is 0. The van der Waals surface area contributed by atoms with E-state index in [9.17, 15) is 0 Å². The van der Waals surface area contributed by atoms with Crippen LogP contribution in [0.2, 0.25) is 0 Å². The van der Waals surface area contributed by atoms with E-state index in [0.29, 0.717) is 12.0 Å². The molecule has 3 aromatic rings. The van der Waals surface area contributed by atoms with Crippen LogP contribution in [-0.2, 0) is 0 Å². The fourth-order valence-electron chi connectivity index (χ4n) is 4.87. The maximum Gasteiger partial charge on any atom is 0.174 e. The summed E-state index contributed by atoms with van der Waals surface area (Å²) < 4.78 is 2.41. The third kappa shape index (κ3) is 3.87. The summed E-state index contributed by atoms with van der Waals surface area (Å²) in [5.41, 5.74) is 7.30. The van der Waals surface area contributed by atoms with Gasteiger partial charge in [-0.05, 0) is 87.3 Å². The van der Waals surface area contributed by atoms with Crippen LogP contribution in [0.4, 0.5) is 5.69 Å². The number of aromatic nitrogens is 2. The first kappa shape index (κ1) is 21.6. The highest BCUT2D eigenvalue weighted by Gasteiger charge is 2.42. The highest BCUT2D eigenvalue weighted by atomic mass is 32.1. The Bertz CT molecular complexity index is 1070. The first-order valence-electron chi connectivity index (χ1n) is 11.1. The average molecular weight is 433 g/mol. The minimum Gasteiger partial charge on any atom is -0.351 e. The Kier molecular flexibility index (Phi) is 5.89. The molecule has 0 aliphatic carbocycles. The van der Waals surface area contributed by atoms with Gasteiger partial charge in [0.2, 0.25) is 0 Å². The number of benzene rings is 1. The molecule has 5 heteroatoms. The number of pyridine rings is 1. The maximum absolute atomic E-state index is 5.88. The Balaban J connectivity index is 1.86. The van der Waals surface area contributed by atoms with Gasteiger partial charge in [-0.15, -0.1) is 0 Å². The predicted molar refractivity (Wildman–Crippen MR) is 133 cm³/mol. The van der Waals surface area contributed by atoms with Crippen LogP contribution in [0, 0.1) is 13.8 Å². The van der Waals surface area contributed by atoms with Crippen molar-refractivity contribution in [2.24, 2.45) is 0 Å². The molecule has 2 atom stereocenters. The lowest BCUT2D eigenvalue weighted by molar-refractivity contribution is 0.547. The lowest BCUT2D eigenvalue weighted by Crippen LogP contribution is -2.29. The SMILES string of the molecule is Cc1cc([C@@H]2[C@@H](c3ccccn3)NC(=S)N2c2ccc(C(C)C)cc2)c(C)n1C(C)C. The van der Waals surface area contributed by atoms with Crippen molar-refractivity contribution in [3.63, 3.8) is 0 Å². The minimum absolute atomic E-state index is 0.0143. The third-order valence-electron chi connectivity index (χ3n) is 6.29. The molecule has 0 spiro atoms. The second-order valence-corrected chi connectivity index (χ2v) is 9.42. The van der Waals surface area contributed by atoms with Crippen molar-refractivity contribution >= 4 is 23.0 Å². The summed E-state index contributed by atoms with van der Waals surface area (Å²) >= 11 is 5.88. The Hall–Kier alpha value is -2.66. The van der Waals surface area contributed by atoms with Crippen LogP contribution >= 0.6 is 12.2 Å². The molecule has 1 aliphatic rings. The fourth-order valence-corrected chi connectivity index (χ4v) is 5.21. The Morgan fingerprint density at radius 1 is 1.00 bits per heavy atom. The number of anilines is 1. The van der Waals surface area contributed by atoms with Gasteiger partial charge in [0.1, 0.15) is 0 Å². The fraction of sp³-hybridized carbons (Fsp3) is 0.385. The zero-order valence-electron chi connectivity index (χ0n) is 19.3. The first-order chi connectivity index (χ1) is 14.8. The number of nitrogens with one attached hydrogen (secondary N) is 1. The van der Waals surface area contributed by atoms with E-state index >= 15 is 0 Å². The van der Waals surface area contributed by atoms with Crippen molar-refractivity contribution in [3.05, 3.63) is 82.9 Å². The molecule has 0 bridgehead atoms. The molecular formula is C26H32N4S. The van der Waals surface area contributed by atoms with E-state index in [2.05, 4.69) is 97.7 Å². The summed E-state index contributed by atoms with van der Waals surface area (Å²) in [6.45, 7) is 13.3. The Morgan fingerprint density at radius 3 is 2.26 bits per heavy atom. The van der Waals surface area contributed by atoms with E-state index in [4.69, 9.17) is 12.2 Å². The molecular weight excluding hydrogens is 400 g/mol. The van der Waals surface area contributed by atoms with E-state index in [1.807, 2.05) is 18.3 Å². The first-order valence-corrected chi connectivity index (χ1v) is 11.5. The quantitative estimate of drug-likeness (QED) is 0.474. The molecule has 4 rings (SSSR count). The van der Waals surface area contributed by atoms with Crippen LogP contribution in [0.15, 0.2) is 54.7 Å². The van der Waals surface area contributed by atoms with Crippen molar-refractivity contribution in [3.8, 4) is 0 Å². The monoisotopic (exact) mass is 432 g/mol. The topological polar surface area (TPSA) is 33.1 Å². The van der Waals surface area contributed by atoms with Crippen LogP contribution in [-0.4, -0.2) is 14.7 Å². The lowest BCUT2D eigenvalue weighted by atomic mass is 9.96. The highest BCUT2D eigenvalue weighted by molar-refractivity contribution is 7.80. The van der Waals surface area contributed by atoms with Crippen LogP contribution in [0.3, 0.4) is 0 Å². The van der Waals surface area contributed by atoms with Gasteiger partial charge in [0, 0.05) is 29.3 Å². The summed E-state index contributed by atoms with van der Waals surface area (Å²) in [5.74, 6) is 0.500. The molecule has 1 N–H and O–H groups in total. The van der Waals surface area contributed by atoms with Crippen LogP contribution < -0.4 is 10.2 Å². The van der Waals surface area contributed by atoms with Crippen molar-refractivity contribution in [1.29, 1.82) is 0 Å². The van der Waals surface area contributed by atoms with Gasteiger partial charge >= 0.3 is 0 Å². The number of nitrogens with zero attached hydrogens (tertiary/aromatic N) is 3. The highest BCUT2D eigenvalue weighted by Crippen LogP contribution is 2.43. The molecule has 4 nitrogen and oxygen atoms in total. The summed E-state index contributed by atoms with van der Waals surface area (Å²) in [6.07, 6.45) is 1.86. The van der Waals surface area contributed by atoms with Gasteiger partial charge in [0.25, 0.3) is 0 Å². The van der Waals surface area contributed by atoms with Gasteiger partial charge in [-0.25, -0.2) is 0 Å². The van der Waals surface area contributed by atoms with Crippen molar-refractivity contribution in [1.82, 2.24) is 14.9 Å². The molecule has 0 unspecified atom stereocenters. The van der Waals surface area contributed by atoms with Crippen molar-refractivity contribution in [2.75, 3.05) is 4.90 Å². The minimum atomic E-state index is -0.0143. The van der Waals surface area contributed by atoms with Crippen molar-refractivity contribution in [2.45, 2.75) is 65.6 Å². The lowest BCUT2D eigenvalue weighted by Gasteiger charge is -2.28. The molecule has 1 aromatic carbocycles. The molecule has 1 fully saturated rings. The molecule has 0 amide bonds. The number of hydrogen-bond acceptors (Lipinski definition) is 2. The van der Waals surface area contributed by atoms with Crippen LogP contribution in [0.1, 0.15) is 79.9 Å². The smallest absolute Gasteiger partial charge is 0.174 e. The number of hydrogen-bond donors (Lipinski definition) is 1. The molecule has 31 heavy (non-hydrogen) atoms. The number of rotatable bonds is 5. The molecule has 0 radical (unpaired) electrons. The predicted octanol–water partition coefficient (Wildman–Crippen LogP) is 6.38. The van der Waals surface area contributed by atoms with Gasteiger partial charge in [-0.1, -0.05) is 32.0 Å². The molecule has 0 saturated carbocycles. The summed E-state index contributed by atoms with van der Waals surface area (Å²) in [5, 5.41) is 4.32. The Morgan fingerprint density at radius 2 is 1.71 bits per heavy atom. The van der Waals surface area contributed by atoms with Crippen molar-refractivity contribution < 1.29 is 0 Å². The molecule has 3 heterocycles. The second-order valence-electron chi connectivity index (χ2n) is 9.03. The van der Waals surface area contributed by atoms with Crippen LogP contribution in [0.25, 0.3) is 0 Å². The normalized spacial score (nSPS) is 18.8. The van der Waals surface area contributed by atoms with Crippen LogP contribution in [0.5, 0.6) is 0 Å². The van der Waals surface area contributed by atoms with E-state index in [1.165, 1.54) is 22.5 Å². The van der Waals surface area contributed by atoms with Gasteiger partial charge in [-0.3, -0.25) is 4.98 Å². The zero-order chi connectivity index (χ0) is 22.3. The summed E-state index contributed by atoms with van der Waals surface area (Å²) in [4.78, 5) is 6.94. The van der Waals surface area contributed by atoms with Gasteiger partial charge in [0.05, 0.1) is 17.8 Å². The van der Waals surface area contributed by atoms with Gasteiger partial charge in [0.15, 0.2) is 5.11 Å². The van der Waals surface area contributed by atoms with Gasteiger partial charge < -0.3 is 14.8 Å². The van der Waals surface area contributed by atoms with E-state index in [0.717, 1.165) is 16.5 Å². The number of thiocarbonyl (C=S) groups is 1. The molecule has 1 aliphatic heterocycles. The largest absolute Gasteiger partial charge is 0.351 e. The molecule has 162 valence electrons. The molecule has 2 aromatic heterocycles. The van der Waals surface area contributed by atoms with Gasteiger partial charge in [-0.2, -0.15) is 0 Å². The zero-order valence-corrected chi connectivity index (χ0v) is 20.1. The molecule has 1 saturated heterocycles. The van der Waals surface area contributed by atoms with E-state index in [1.54, 1.807) is 0 Å². The number of aryl methyl sites for hydroxylation is 1. The van der Waals surface area contributed by atoms with E-state index in [-0.39, 0.29) is 12.1 Å².